The maximum Gasteiger partial charge on any atom is 0.164 e. The molecule has 0 bridgehead atoms. The lowest BCUT2D eigenvalue weighted by molar-refractivity contribution is 0.413. The van der Waals surface area contributed by atoms with Crippen molar-refractivity contribution in [3.05, 3.63) is 234 Å². The summed E-state index contributed by atoms with van der Waals surface area (Å²) >= 11 is 0. The van der Waals surface area contributed by atoms with E-state index in [1.807, 2.05) is 60.7 Å². The van der Waals surface area contributed by atoms with Crippen molar-refractivity contribution in [3.63, 3.8) is 0 Å². The Hall–Kier alpha value is -7.77. The first kappa shape index (κ1) is 39.4. The van der Waals surface area contributed by atoms with E-state index in [-0.39, 0.29) is 12.1 Å². The molecule has 3 atom stereocenters. The molecule has 306 valence electrons. The minimum absolute atomic E-state index is 0.0263. The van der Waals surface area contributed by atoms with Gasteiger partial charge in [0, 0.05) is 40.6 Å². The van der Waals surface area contributed by atoms with Gasteiger partial charge in [-0.05, 0) is 70.5 Å². The van der Waals surface area contributed by atoms with E-state index >= 15 is 0 Å². The summed E-state index contributed by atoms with van der Waals surface area (Å²) in [6.45, 7) is 2.77. The summed E-state index contributed by atoms with van der Waals surface area (Å²) in [7, 11) is 2.18. The summed E-state index contributed by atoms with van der Waals surface area (Å²) in [5.74, 6) is 3.63. The van der Waals surface area contributed by atoms with Crippen LogP contribution in [0.15, 0.2) is 216 Å². The molecule has 0 spiro atoms. The lowest BCUT2D eigenvalue weighted by Gasteiger charge is -2.35. The summed E-state index contributed by atoms with van der Waals surface area (Å²) in [4.78, 5) is 28.4. The molecule has 0 radical (unpaired) electrons. The fraction of sp³-hybridized carbons (Fsp3) is 0.125. The van der Waals surface area contributed by atoms with Gasteiger partial charge in [0.2, 0.25) is 0 Å². The van der Waals surface area contributed by atoms with Crippen LogP contribution >= 0.6 is 0 Å². The zero-order valence-corrected chi connectivity index (χ0v) is 35.4. The Morgan fingerprint density at radius 2 is 1.06 bits per heavy atom. The molecule has 3 heterocycles. The highest BCUT2D eigenvalue weighted by Crippen LogP contribution is 2.40. The first-order valence-electron chi connectivity index (χ1n) is 21.7. The van der Waals surface area contributed by atoms with Gasteiger partial charge < -0.3 is 10.2 Å². The molecule has 7 aromatic rings. The Morgan fingerprint density at radius 1 is 0.540 bits per heavy atom. The molecule has 2 unspecified atom stereocenters. The average Bonchev–Trinajstić information content (AvgIpc) is 3.59. The van der Waals surface area contributed by atoms with E-state index in [4.69, 9.17) is 24.9 Å². The highest BCUT2D eigenvalue weighted by molar-refractivity contribution is 6.13. The van der Waals surface area contributed by atoms with Gasteiger partial charge in [-0.2, -0.15) is 0 Å². The zero-order chi connectivity index (χ0) is 42.5. The highest BCUT2D eigenvalue weighted by atomic mass is 15.1. The molecule has 0 amide bonds. The molecule has 0 saturated heterocycles. The van der Waals surface area contributed by atoms with Crippen LogP contribution in [0.25, 0.3) is 45.4 Å². The number of hydrogen-bond acceptors (Lipinski definition) is 7. The van der Waals surface area contributed by atoms with Crippen LogP contribution in [0.3, 0.4) is 0 Å². The van der Waals surface area contributed by atoms with Crippen molar-refractivity contribution in [1.82, 2.24) is 25.2 Å². The number of benzene rings is 6. The van der Waals surface area contributed by atoms with Crippen molar-refractivity contribution in [2.24, 2.45) is 15.9 Å². The third-order valence-electron chi connectivity index (χ3n) is 11.8. The summed E-state index contributed by atoms with van der Waals surface area (Å²) in [5.41, 5.74) is 11.3. The van der Waals surface area contributed by atoms with Crippen molar-refractivity contribution in [2.45, 2.75) is 25.4 Å². The minimum atomic E-state index is -0.110. The van der Waals surface area contributed by atoms with Gasteiger partial charge in [-0.15, -0.1) is 0 Å². The molecule has 1 aromatic heterocycles. The van der Waals surface area contributed by atoms with E-state index in [2.05, 4.69) is 164 Å². The van der Waals surface area contributed by atoms with E-state index in [1.165, 1.54) is 5.56 Å². The van der Waals surface area contributed by atoms with Crippen LogP contribution in [0.1, 0.15) is 53.2 Å². The molecule has 63 heavy (non-hydrogen) atoms. The van der Waals surface area contributed by atoms with Gasteiger partial charge in [0.1, 0.15) is 5.84 Å². The summed E-state index contributed by atoms with van der Waals surface area (Å²) in [5, 5.41) is 3.88. The summed E-state index contributed by atoms with van der Waals surface area (Å²) in [6.07, 6.45) is 12.3. The number of amidine groups is 2. The summed E-state index contributed by atoms with van der Waals surface area (Å²) in [6, 6.07) is 58.6. The zero-order valence-electron chi connectivity index (χ0n) is 35.4. The highest BCUT2D eigenvalue weighted by Gasteiger charge is 2.27. The molecule has 1 aliphatic carbocycles. The van der Waals surface area contributed by atoms with Gasteiger partial charge in [0.25, 0.3) is 0 Å². The van der Waals surface area contributed by atoms with Crippen LogP contribution < -0.4 is 5.32 Å². The standard InChI is InChI=1S/C56H47N7/c1-38-19-18-30-44(31-38)52-57-37-49(39-20-8-3-9-21-39)58-55(59-52)47-32-45(46-35-50(40-22-10-4-11-23-40)63(2)51(36-46)41-24-12-5-13-25-41)33-48(34-47)56-61-53(42-26-14-6-15-27-42)60-54(62-56)43-28-16-7-17-29-43/h3-18,20-36,38,49-50H,19,37H2,1-2H3,(H,57,58,59)/t38-,49?,50?/m1/s1. The first-order chi connectivity index (χ1) is 31.0. The Morgan fingerprint density at radius 3 is 1.67 bits per heavy atom. The SMILES string of the molecule is C[C@H]1C=C(C2=NCC(c3ccccc3)NC(c3cc(C4=CC(c5ccccc5)N(C)C(c5ccccc5)=C4)cc(-c4nc(-c5ccccc5)nc(-c5ccccc5)n4)c3)=N2)C=CC1. The van der Waals surface area contributed by atoms with Gasteiger partial charge in [-0.1, -0.05) is 177 Å². The number of aliphatic imine (C=N–C) groups is 2. The topological polar surface area (TPSA) is 78.7 Å². The Balaban J connectivity index is 1.21. The predicted molar refractivity (Wildman–Crippen MR) is 258 cm³/mol. The average molecular weight is 818 g/mol. The van der Waals surface area contributed by atoms with Gasteiger partial charge >= 0.3 is 0 Å². The van der Waals surface area contributed by atoms with E-state index < -0.39 is 0 Å². The minimum Gasteiger partial charge on any atom is -0.364 e. The van der Waals surface area contributed by atoms with Crippen LogP contribution in [0.5, 0.6) is 0 Å². The second-order valence-electron chi connectivity index (χ2n) is 16.3. The van der Waals surface area contributed by atoms with E-state index in [0.717, 1.165) is 73.9 Å². The van der Waals surface area contributed by atoms with E-state index in [9.17, 15) is 0 Å². The van der Waals surface area contributed by atoms with Crippen molar-refractivity contribution in [2.75, 3.05) is 13.6 Å². The first-order valence-corrected chi connectivity index (χ1v) is 21.7. The third-order valence-corrected chi connectivity index (χ3v) is 11.8. The fourth-order valence-electron chi connectivity index (χ4n) is 8.50. The summed E-state index contributed by atoms with van der Waals surface area (Å²) < 4.78 is 0. The van der Waals surface area contributed by atoms with Crippen LogP contribution in [0.4, 0.5) is 0 Å². The molecular weight excluding hydrogens is 771 g/mol. The van der Waals surface area contributed by atoms with Crippen molar-refractivity contribution >= 4 is 22.9 Å². The predicted octanol–water partition coefficient (Wildman–Crippen LogP) is 12.0. The molecular formula is C56H47N7. The molecule has 6 aromatic carbocycles. The Kier molecular flexibility index (Phi) is 11.0. The van der Waals surface area contributed by atoms with Crippen LogP contribution in [0.2, 0.25) is 0 Å². The molecule has 7 heteroatoms. The van der Waals surface area contributed by atoms with E-state index in [1.54, 1.807) is 0 Å². The molecule has 0 fully saturated rings. The molecule has 3 aliphatic rings. The van der Waals surface area contributed by atoms with Crippen LogP contribution in [0, 0.1) is 5.92 Å². The van der Waals surface area contributed by atoms with E-state index in [0.29, 0.717) is 29.9 Å². The smallest absolute Gasteiger partial charge is 0.164 e. The van der Waals surface area contributed by atoms with Crippen LogP contribution in [-0.2, 0) is 0 Å². The largest absolute Gasteiger partial charge is 0.364 e. The van der Waals surface area contributed by atoms with Gasteiger partial charge in [-0.25, -0.2) is 19.9 Å². The van der Waals surface area contributed by atoms with Crippen molar-refractivity contribution < 1.29 is 0 Å². The maximum atomic E-state index is 5.41. The van der Waals surface area contributed by atoms with Crippen molar-refractivity contribution in [3.8, 4) is 34.2 Å². The number of nitrogens with one attached hydrogen (secondary N) is 1. The second-order valence-corrected chi connectivity index (χ2v) is 16.3. The molecule has 2 aliphatic heterocycles. The number of nitrogens with zero attached hydrogens (tertiary/aromatic N) is 6. The molecule has 1 N–H and O–H groups in total. The number of likely N-dealkylation sites (N-methyl/N-ethyl adjacent to an activating group) is 1. The van der Waals surface area contributed by atoms with Gasteiger partial charge in [0.15, 0.2) is 23.3 Å². The lowest BCUT2D eigenvalue weighted by Crippen LogP contribution is -2.30. The number of rotatable bonds is 9. The molecule has 0 saturated carbocycles. The maximum absolute atomic E-state index is 5.41. The van der Waals surface area contributed by atoms with Gasteiger partial charge in [-0.3, -0.25) is 4.99 Å². The molecule has 7 nitrogen and oxygen atoms in total. The monoisotopic (exact) mass is 817 g/mol. The van der Waals surface area contributed by atoms with Crippen LogP contribution in [-0.4, -0.2) is 45.1 Å². The lowest BCUT2D eigenvalue weighted by atomic mass is 9.90. The Labute approximate surface area is 369 Å². The molecule has 10 rings (SSSR count). The second kappa shape index (κ2) is 17.7. The van der Waals surface area contributed by atoms with Crippen molar-refractivity contribution in [1.29, 1.82) is 0 Å². The quantitative estimate of drug-likeness (QED) is 0.157. The third kappa shape index (κ3) is 8.59. The number of hydrogen-bond donors (Lipinski definition) is 1. The normalized spacial score (nSPS) is 18.5. The van der Waals surface area contributed by atoms with Gasteiger partial charge in [0.05, 0.1) is 18.6 Å². The number of aromatic nitrogens is 3. The number of allylic oxidation sites excluding steroid dienone is 4. The fourth-order valence-corrected chi connectivity index (χ4v) is 8.50. The Bertz CT molecular complexity index is 2880.